The summed E-state index contributed by atoms with van der Waals surface area (Å²) in [5.74, 6) is 0.0617. The summed E-state index contributed by atoms with van der Waals surface area (Å²) in [6.07, 6.45) is 4.89. The van der Waals surface area contributed by atoms with Crippen LogP contribution < -0.4 is 10.6 Å². The number of hydrogen-bond donors (Lipinski definition) is 3. The minimum absolute atomic E-state index is 0.0617. The van der Waals surface area contributed by atoms with E-state index in [0.717, 1.165) is 32.1 Å². The van der Waals surface area contributed by atoms with E-state index in [1.54, 1.807) is 0 Å². The number of hydrogen-bond acceptors (Lipinski definition) is 3. The molecule has 80 valence electrons. The van der Waals surface area contributed by atoms with Crippen molar-refractivity contribution in [3.63, 3.8) is 0 Å². The Morgan fingerprint density at radius 1 is 1.29 bits per heavy atom. The Morgan fingerprint density at radius 3 is 2.64 bits per heavy atom. The highest BCUT2D eigenvalue weighted by atomic mass is 16.3. The number of rotatable bonds is 4. The van der Waals surface area contributed by atoms with E-state index in [9.17, 15) is 9.90 Å². The first-order valence-electron chi connectivity index (χ1n) is 5.46. The molecule has 0 aromatic rings. The van der Waals surface area contributed by atoms with Gasteiger partial charge in [0, 0.05) is 12.1 Å². The molecule has 14 heavy (non-hydrogen) atoms. The molecule has 2 fully saturated rings. The minimum atomic E-state index is -0.260. The molecular formula is C10H18N2O2. The summed E-state index contributed by atoms with van der Waals surface area (Å²) in [4.78, 5) is 11.3. The van der Waals surface area contributed by atoms with Gasteiger partial charge in [0.2, 0.25) is 5.91 Å². The monoisotopic (exact) mass is 198 g/mol. The van der Waals surface area contributed by atoms with Gasteiger partial charge >= 0.3 is 0 Å². The number of aliphatic hydroxyl groups is 1. The second kappa shape index (κ2) is 4.28. The maximum absolute atomic E-state index is 11.3. The van der Waals surface area contributed by atoms with Crippen molar-refractivity contribution in [2.24, 2.45) is 0 Å². The summed E-state index contributed by atoms with van der Waals surface area (Å²) in [6, 6.07) is 0.553. The Morgan fingerprint density at radius 2 is 2.07 bits per heavy atom. The largest absolute Gasteiger partial charge is 0.392 e. The molecule has 3 N–H and O–H groups in total. The average molecular weight is 198 g/mol. The van der Waals surface area contributed by atoms with Gasteiger partial charge in [0.25, 0.3) is 0 Å². The van der Waals surface area contributed by atoms with Crippen molar-refractivity contribution in [3.8, 4) is 0 Å². The standard InChI is InChI=1S/C10H18N2O2/c13-9-3-1-2-8(9)11-6-10(14)12-7-4-5-7/h7-9,11,13H,1-6H2,(H,12,14)/t8-,9-/m0/s1. The summed E-state index contributed by atoms with van der Waals surface area (Å²) in [5, 5.41) is 15.5. The zero-order valence-corrected chi connectivity index (χ0v) is 8.33. The van der Waals surface area contributed by atoms with Gasteiger partial charge in [-0.25, -0.2) is 0 Å². The van der Waals surface area contributed by atoms with Crippen molar-refractivity contribution in [2.45, 2.75) is 50.3 Å². The summed E-state index contributed by atoms with van der Waals surface area (Å²) in [5.41, 5.74) is 0. The summed E-state index contributed by atoms with van der Waals surface area (Å²) < 4.78 is 0. The van der Waals surface area contributed by atoms with Gasteiger partial charge in [0.05, 0.1) is 12.6 Å². The van der Waals surface area contributed by atoms with Crippen LogP contribution in [0.15, 0.2) is 0 Å². The van der Waals surface area contributed by atoms with Crippen LogP contribution in [0.1, 0.15) is 32.1 Å². The first-order chi connectivity index (χ1) is 6.75. The van der Waals surface area contributed by atoms with Crippen molar-refractivity contribution < 1.29 is 9.90 Å². The summed E-state index contributed by atoms with van der Waals surface area (Å²) in [6.45, 7) is 0.345. The van der Waals surface area contributed by atoms with E-state index >= 15 is 0 Å². The lowest BCUT2D eigenvalue weighted by molar-refractivity contribution is -0.120. The van der Waals surface area contributed by atoms with Crippen LogP contribution in [-0.4, -0.2) is 35.7 Å². The van der Waals surface area contributed by atoms with E-state index in [4.69, 9.17) is 0 Å². The molecule has 0 unspecified atom stereocenters. The number of nitrogens with one attached hydrogen (secondary N) is 2. The third-order valence-electron chi connectivity index (χ3n) is 2.95. The van der Waals surface area contributed by atoms with E-state index in [0.29, 0.717) is 12.6 Å². The van der Waals surface area contributed by atoms with Gasteiger partial charge in [-0.15, -0.1) is 0 Å². The topological polar surface area (TPSA) is 61.4 Å². The molecule has 0 heterocycles. The highest BCUT2D eigenvalue weighted by molar-refractivity contribution is 5.78. The van der Waals surface area contributed by atoms with Crippen molar-refractivity contribution in [1.82, 2.24) is 10.6 Å². The smallest absolute Gasteiger partial charge is 0.234 e. The number of amides is 1. The first-order valence-corrected chi connectivity index (χ1v) is 5.46. The third kappa shape index (κ3) is 2.69. The molecule has 2 aliphatic rings. The Labute approximate surface area is 84.1 Å². The fourth-order valence-corrected chi connectivity index (χ4v) is 1.91. The lowest BCUT2D eigenvalue weighted by Crippen LogP contribution is -2.42. The number of carbonyl (C=O) groups is 1. The van der Waals surface area contributed by atoms with Crippen LogP contribution in [0.2, 0.25) is 0 Å². The number of carbonyl (C=O) groups excluding carboxylic acids is 1. The minimum Gasteiger partial charge on any atom is -0.392 e. The van der Waals surface area contributed by atoms with Crippen molar-refractivity contribution in [2.75, 3.05) is 6.54 Å². The van der Waals surface area contributed by atoms with Crippen LogP contribution in [0.25, 0.3) is 0 Å². The highest BCUT2D eigenvalue weighted by Crippen LogP contribution is 2.19. The maximum Gasteiger partial charge on any atom is 0.234 e. The van der Waals surface area contributed by atoms with Crippen LogP contribution in [0.3, 0.4) is 0 Å². The Hall–Kier alpha value is -0.610. The Bertz CT molecular complexity index is 216. The van der Waals surface area contributed by atoms with Gasteiger partial charge in [0.1, 0.15) is 0 Å². The lowest BCUT2D eigenvalue weighted by Gasteiger charge is -2.15. The molecule has 2 saturated carbocycles. The molecule has 2 rings (SSSR count). The van der Waals surface area contributed by atoms with Crippen LogP contribution in [-0.2, 0) is 4.79 Å². The van der Waals surface area contributed by atoms with E-state index in [-0.39, 0.29) is 18.1 Å². The zero-order valence-electron chi connectivity index (χ0n) is 8.33. The fraction of sp³-hybridized carbons (Fsp3) is 0.900. The molecule has 1 amide bonds. The van der Waals surface area contributed by atoms with E-state index in [2.05, 4.69) is 10.6 Å². The van der Waals surface area contributed by atoms with Crippen LogP contribution in [0.4, 0.5) is 0 Å². The SMILES string of the molecule is O=C(CN[C@H]1CCC[C@@H]1O)NC1CC1. The lowest BCUT2D eigenvalue weighted by atomic mass is 10.2. The van der Waals surface area contributed by atoms with Crippen LogP contribution in [0.5, 0.6) is 0 Å². The molecular weight excluding hydrogens is 180 g/mol. The molecule has 0 saturated heterocycles. The molecule has 0 spiro atoms. The Balaban J connectivity index is 1.62. The van der Waals surface area contributed by atoms with Gasteiger partial charge in [-0.1, -0.05) is 0 Å². The zero-order chi connectivity index (χ0) is 9.97. The molecule has 0 aromatic heterocycles. The van der Waals surface area contributed by atoms with Crippen LogP contribution >= 0.6 is 0 Å². The number of aliphatic hydroxyl groups excluding tert-OH is 1. The predicted molar refractivity (Wildman–Crippen MR) is 52.8 cm³/mol. The molecule has 2 aliphatic carbocycles. The molecule has 0 aromatic carbocycles. The fourth-order valence-electron chi connectivity index (χ4n) is 1.91. The van der Waals surface area contributed by atoms with E-state index in [1.165, 1.54) is 0 Å². The summed E-state index contributed by atoms with van der Waals surface area (Å²) in [7, 11) is 0. The summed E-state index contributed by atoms with van der Waals surface area (Å²) >= 11 is 0. The van der Waals surface area contributed by atoms with Gasteiger partial charge in [0.15, 0.2) is 0 Å². The second-order valence-corrected chi connectivity index (χ2v) is 4.33. The highest BCUT2D eigenvalue weighted by Gasteiger charge is 2.26. The van der Waals surface area contributed by atoms with Gasteiger partial charge in [-0.3, -0.25) is 4.79 Å². The van der Waals surface area contributed by atoms with Crippen molar-refractivity contribution in [3.05, 3.63) is 0 Å². The first kappa shape index (κ1) is 9.93. The molecule has 0 aliphatic heterocycles. The molecule has 4 nitrogen and oxygen atoms in total. The predicted octanol–water partition coefficient (Wildman–Crippen LogP) is -0.232. The molecule has 0 bridgehead atoms. The average Bonchev–Trinajstić information content (AvgIpc) is 2.86. The Kier molecular flexibility index (Phi) is 3.03. The van der Waals surface area contributed by atoms with Gasteiger partial charge in [-0.2, -0.15) is 0 Å². The van der Waals surface area contributed by atoms with Gasteiger partial charge in [-0.05, 0) is 32.1 Å². The van der Waals surface area contributed by atoms with E-state index < -0.39 is 0 Å². The third-order valence-corrected chi connectivity index (χ3v) is 2.95. The van der Waals surface area contributed by atoms with Crippen LogP contribution in [0, 0.1) is 0 Å². The normalized spacial score (nSPS) is 31.8. The molecule has 2 atom stereocenters. The molecule has 0 radical (unpaired) electrons. The maximum atomic E-state index is 11.3. The second-order valence-electron chi connectivity index (χ2n) is 4.33. The van der Waals surface area contributed by atoms with Crippen molar-refractivity contribution >= 4 is 5.91 Å². The van der Waals surface area contributed by atoms with E-state index in [1.807, 2.05) is 0 Å². The quantitative estimate of drug-likeness (QED) is 0.584. The van der Waals surface area contributed by atoms with Gasteiger partial charge < -0.3 is 15.7 Å². The molecule has 4 heteroatoms. The van der Waals surface area contributed by atoms with Crippen molar-refractivity contribution in [1.29, 1.82) is 0 Å².